The largest absolute Gasteiger partial charge is 0.491 e. The Morgan fingerprint density at radius 3 is 2.16 bits per heavy atom. The third-order valence-corrected chi connectivity index (χ3v) is 6.93. The van der Waals surface area contributed by atoms with E-state index in [1.165, 1.54) is 40.5 Å². The second-order valence-corrected chi connectivity index (χ2v) is 9.77. The standard InChI is InChI=1S/C33H38O5/c1-4-6-23-11-17-29-27(20-23)14-13-26-12-8-24(7-5-2)21-30(26)32(29)38-19-18-37-28-15-9-25(10-16-28)22-31(36-3)33(34)35/h8-17,20-21,31-32H,4-7,18-19,22H2,1-3H3,(H,34,35). The van der Waals surface area contributed by atoms with Crippen molar-refractivity contribution in [3.05, 3.63) is 99.6 Å². The van der Waals surface area contributed by atoms with Crippen LogP contribution in [0.4, 0.5) is 0 Å². The summed E-state index contributed by atoms with van der Waals surface area (Å²) < 4.78 is 17.5. The number of benzene rings is 3. The Labute approximate surface area is 226 Å². The van der Waals surface area contributed by atoms with Crippen molar-refractivity contribution in [3.8, 4) is 5.75 Å². The number of ether oxygens (including phenoxy) is 3. The third-order valence-electron chi connectivity index (χ3n) is 6.93. The van der Waals surface area contributed by atoms with Gasteiger partial charge in [-0.05, 0) is 63.9 Å². The molecule has 0 amide bonds. The number of methoxy groups -OCH3 is 1. The molecule has 3 aromatic carbocycles. The first-order valence-electron chi connectivity index (χ1n) is 13.5. The maximum absolute atomic E-state index is 11.2. The molecule has 0 fully saturated rings. The van der Waals surface area contributed by atoms with E-state index in [-0.39, 0.29) is 6.10 Å². The number of carbonyl (C=O) groups is 1. The molecule has 1 aliphatic carbocycles. The van der Waals surface area contributed by atoms with E-state index in [1.807, 2.05) is 24.3 Å². The number of carboxylic acid groups (broad SMARTS) is 1. The van der Waals surface area contributed by atoms with Gasteiger partial charge in [0.2, 0.25) is 0 Å². The van der Waals surface area contributed by atoms with Crippen molar-refractivity contribution in [1.29, 1.82) is 0 Å². The predicted octanol–water partition coefficient (Wildman–Crippen LogP) is 6.90. The third kappa shape index (κ3) is 6.91. The fraction of sp³-hybridized carbons (Fsp3) is 0.364. The van der Waals surface area contributed by atoms with Crippen LogP contribution >= 0.6 is 0 Å². The summed E-state index contributed by atoms with van der Waals surface area (Å²) in [7, 11) is 1.41. The maximum atomic E-state index is 11.2. The zero-order valence-corrected chi connectivity index (χ0v) is 22.6. The summed E-state index contributed by atoms with van der Waals surface area (Å²) in [6.07, 6.45) is 8.04. The van der Waals surface area contributed by atoms with E-state index in [0.29, 0.717) is 19.6 Å². The van der Waals surface area contributed by atoms with Crippen LogP contribution in [0.1, 0.15) is 71.7 Å². The fourth-order valence-electron chi connectivity index (χ4n) is 4.96. The molecule has 0 spiro atoms. The Balaban J connectivity index is 1.46. The quantitative estimate of drug-likeness (QED) is 0.251. The van der Waals surface area contributed by atoms with Crippen LogP contribution in [0.3, 0.4) is 0 Å². The Hall–Kier alpha value is -3.41. The molecule has 0 aromatic heterocycles. The van der Waals surface area contributed by atoms with Gasteiger partial charge in [-0.2, -0.15) is 0 Å². The SMILES string of the molecule is CCCc1ccc2c(c1)C=Cc1ccc(CCC)cc1C2OCCOc1ccc(CC(OC)C(=O)O)cc1. The van der Waals surface area contributed by atoms with Crippen molar-refractivity contribution in [2.45, 2.75) is 58.2 Å². The zero-order chi connectivity index (χ0) is 26.9. The van der Waals surface area contributed by atoms with Gasteiger partial charge in [0.1, 0.15) is 18.5 Å². The van der Waals surface area contributed by atoms with Crippen molar-refractivity contribution in [1.82, 2.24) is 0 Å². The highest BCUT2D eigenvalue weighted by atomic mass is 16.5. The van der Waals surface area contributed by atoms with Crippen LogP contribution in [0.5, 0.6) is 5.75 Å². The van der Waals surface area contributed by atoms with Gasteiger partial charge in [-0.3, -0.25) is 0 Å². The van der Waals surface area contributed by atoms with E-state index in [0.717, 1.165) is 37.0 Å². The minimum atomic E-state index is -0.967. The smallest absolute Gasteiger partial charge is 0.333 e. The van der Waals surface area contributed by atoms with Gasteiger partial charge in [-0.25, -0.2) is 4.79 Å². The lowest BCUT2D eigenvalue weighted by molar-refractivity contribution is -0.148. The van der Waals surface area contributed by atoms with Gasteiger partial charge in [-0.1, -0.05) is 87.4 Å². The molecule has 5 nitrogen and oxygen atoms in total. The molecule has 2 atom stereocenters. The van der Waals surface area contributed by atoms with Crippen molar-refractivity contribution < 1.29 is 24.1 Å². The minimum absolute atomic E-state index is 0.171. The molecule has 0 radical (unpaired) electrons. The molecular formula is C33H38O5. The molecule has 4 rings (SSSR count). The molecular weight excluding hydrogens is 476 g/mol. The van der Waals surface area contributed by atoms with Crippen molar-refractivity contribution >= 4 is 18.1 Å². The Morgan fingerprint density at radius 2 is 1.47 bits per heavy atom. The van der Waals surface area contributed by atoms with Gasteiger partial charge < -0.3 is 19.3 Å². The molecule has 1 N–H and O–H groups in total. The molecule has 0 aliphatic heterocycles. The Morgan fingerprint density at radius 1 is 0.816 bits per heavy atom. The predicted molar refractivity (Wildman–Crippen MR) is 152 cm³/mol. The van der Waals surface area contributed by atoms with Gasteiger partial charge in [0, 0.05) is 13.5 Å². The number of hydrogen-bond acceptors (Lipinski definition) is 4. The molecule has 1 aliphatic rings. The molecule has 38 heavy (non-hydrogen) atoms. The second kappa shape index (κ2) is 13.4. The molecule has 0 saturated carbocycles. The summed E-state index contributed by atoms with van der Waals surface area (Å²) in [4.78, 5) is 11.2. The summed E-state index contributed by atoms with van der Waals surface area (Å²) in [5.74, 6) is -0.246. The van der Waals surface area contributed by atoms with E-state index in [9.17, 15) is 9.90 Å². The van der Waals surface area contributed by atoms with Crippen LogP contribution in [0.15, 0.2) is 60.7 Å². The monoisotopic (exact) mass is 514 g/mol. The molecule has 3 aromatic rings. The zero-order valence-electron chi connectivity index (χ0n) is 22.6. The molecule has 0 saturated heterocycles. The summed E-state index contributed by atoms with van der Waals surface area (Å²) in [6.45, 7) is 5.26. The lowest BCUT2D eigenvalue weighted by Gasteiger charge is -2.22. The van der Waals surface area contributed by atoms with E-state index >= 15 is 0 Å². The highest BCUT2D eigenvalue weighted by Crippen LogP contribution is 2.37. The molecule has 200 valence electrons. The van der Waals surface area contributed by atoms with Crippen LogP contribution in [-0.2, 0) is 33.5 Å². The van der Waals surface area contributed by atoms with Crippen LogP contribution in [-0.4, -0.2) is 37.5 Å². The van der Waals surface area contributed by atoms with E-state index in [4.69, 9.17) is 14.2 Å². The summed E-state index contributed by atoms with van der Waals surface area (Å²) in [5.41, 5.74) is 8.34. The fourth-order valence-corrected chi connectivity index (χ4v) is 4.96. The second-order valence-electron chi connectivity index (χ2n) is 9.77. The van der Waals surface area contributed by atoms with Crippen molar-refractivity contribution in [3.63, 3.8) is 0 Å². The normalized spacial score (nSPS) is 14.9. The summed E-state index contributed by atoms with van der Waals surface area (Å²) in [6, 6.07) is 20.9. The van der Waals surface area contributed by atoms with Gasteiger partial charge in [0.25, 0.3) is 0 Å². The topological polar surface area (TPSA) is 65.0 Å². The summed E-state index contributed by atoms with van der Waals surface area (Å²) in [5, 5.41) is 9.19. The maximum Gasteiger partial charge on any atom is 0.333 e. The van der Waals surface area contributed by atoms with Gasteiger partial charge in [0.05, 0.1) is 6.61 Å². The van der Waals surface area contributed by atoms with Crippen molar-refractivity contribution in [2.75, 3.05) is 20.3 Å². The molecule has 0 bridgehead atoms. The lowest BCUT2D eigenvalue weighted by Crippen LogP contribution is -2.24. The lowest BCUT2D eigenvalue weighted by atomic mass is 9.92. The van der Waals surface area contributed by atoms with E-state index in [1.54, 1.807) is 0 Å². The Kier molecular flexibility index (Phi) is 9.74. The van der Waals surface area contributed by atoms with Crippen LogP contribution in [0.2, 0.25) is 0 Å². The highest BCUT2D eigenvalue weighted by Gasteiger charge is 2.23. The van der Waals surface area contributed by atoms with Crippen LogP contribution in [0, 0.1) is 0 Å². The van der Waals surface area contributed by atoms with Crippen LogP contribution in [0.25, 0.3) is 12.2 Å². The number of rotatable bonds is 13. The van der Waals surface area contributed by atoms with Gasteiger partial charge >= 0.3 is 5.97 Å². The number of aliphatic carboxylic acids is 1. The van der Waals surface area contributed by atoms with E-state index in [2.05, 4.69) is 62.4 Å². The first-order valence-corrected chi connectivity index (χ1v) is 13.5. The van der Waals surface area contributed by atoms with E-state index < -0.39 is 12.1 Å². The average molecular weight is 515 g/mol. The van der Waals surface area contributed by atoms with Gasteiger partial charge in [-0.15, -0.1) is 0 Å². The first-order chi connectivity index (χ1) is 18.5. The number of hydrogen-bond donors (Lipinski definition) is 1. The first kappa shape index (κ1) is 27.6. The highest BCUT2D eigenvalue weighted by molar-refractivity contribution is 5.76. The Bertz CT molecular complexity index is 1240. The minimum Gasteiger partial charge on any atom is -0.491 e. The number of carboxylic acids is 1. The number of fused-ring (bicyclic) bond motifs is 2. The average Bonchev–Trinajstić information content (AvgIpc) is 3.07. The summed E-state index contributed by atoms with van der Waals surface area (Å²) >= 11 is 0. The molecule has 2 unspecified atom stereocenters. The number of aryl methyl sites for hydroxylation is 2. The molecule has 5 heteroatoms. The van der Waals surface area contributed by atoms with Crippen LogP contribution < -0.4 is 4.74 Å². The van der Waals surface area contributed by atoms with Crippen molar-refractivity contribution in [2.24, 2.45) is 0 Å². The van der Waals surface area contributed by atoms with Gasteiger partial charge in [0.15, 0.2) is 6.10 Å². The molecule has 0 heterocycles.